The Bertz CT molecular complexity index is 2050. The first-order valence-electron chi connectivity index (χ1n) is 14.8. The molecule has 4 aromatic carbocycles. The fraction of sp³-hybridized carbons (Fsp3) is 0.158. The molecule has 220 valence electrons. The molecule has 7 heteroatoms. The third-order valence-corrected chi connectivity index (χ3v) is 9.64. The highest BCUT2D eigenvalue weighted by molar-refractivity contribution is 6.32. The smallest absolute Gasteiger partial charge is 0.185 e. The number of hydrogen-bond donors (Lipinski definition) is 0. The van der Waals surface area contributed by atoms with Crippen LogP contribution in [0.15, 0.2) is 109 Å². The number of methoxy groups -OCH3 is 2. The van der Waals surface area contributed by atoms with Gasteiger partial charge in [0.05, 0.1) is 31.5 Å². The molecule has 0 bridgehead atoms. The summed E-state index contributed by atoms with van der Waals surface area (Å²) in [5.41, 5.74) is 2.41. The number of ether oxygens (including phenoxy) is 2. The number of nitrogens with zero attached hydrogens (tertiary/aromatic N) is 2. The van der Waals surface area contributed by atoms with Crippen LogP contribution in [0, 0.1) is 5.41 Å². The van der Waals surface area contributed by atoms with Crippen LogP contribution in [0.5, 0.6) is 11.5 Å². The van der Waals surface area contributed by atoms with Crippen molar-refractivity contribution in [2.24, 2.45) is 5.41 Å². The summed E-state index contributed by atoms with van der Waals surface area (Å²) >= 11 is 0. The number of pyridine rings is 1. The van der Waals surface area contributed by atoms with E-state index in [2.05, 4.69) is 0 Å². The lowest BCUT2D eigenvalue weighted by molar-refractivity contribution is 0.0665. The van der Waals surface area contributed by atoms with E-state index in [1.54, 1.807) is 68.9 Å². The van der Waals surface area contributed by atoms with Gasteiger partial charge in [-0.1, -0.05) is 91.0 Å². The fourth-order valence-electron chi connectivity index (χ4n) is 7.78. The van der Waals surface area contributed by atoms with Gasteiger partial charge in [0, 0.05) is 45.8 Å². The fourth-order valence-corrected chi connectivity index (χ4v) is 7.78. The van der Waals surface area contributed by atoms with Crippen molar-refractivity contribution in [1.82, 2.24) is 4.98 Å². The maximum Gasteiger partial charge on any atom is 0.185 e. The van der Waals surface area contributed by atoms with E-state index in [0.29, 0.717) is 39.3 Å². The number of carbonyl (C=O) groups is 3. The molecule has 7 nitrogen and oxygen atoms in total. The molecule has 1 unspecified atom stereocenters. The van der Waals surface area contributed by atoms with Gasteiger partial charge in [0.25, 0.3) is 0 Å². The topological polar surface area (TPSA) is 85.8 Å². The standard InChI is InChI=1S/C38H28N2O5/c1-44-25-17-18-28(29(21-25)45-2)31-34(35(41)24-9-4-3-5-10-24)40-30(38(31)36(42)26-12-6-7-13-27(26)37(38)43)19-16-23-15-14-22-11-8-20-39-32(22)33(23)40/h3-21,30-31,34H,1-2H3/t30?,31-,34+/m0/s1. The Hall–Kier alpha value is -5.56. The van der Waals surface area contributed by atoms with Crippen molar-refractivity contribution >= 4 is 40.0 Å². The molecule has 5 aromatic rings. The van der Waals surface area contributed by atoms with Crippen molar-refractivity contribution in [3.05, 3.63) is 137 Å². The number of benzene rings is 4. The lowest BCUT2D eigenvalue weighted by atomic mass is 9.64. The predicted molar refractivity (Wildman–Crippen MR) is 171 cm³/mol. The summed E-state index contributed by atoms with van der Waals surface area (Å²) < 4.78 is 11.4. The van der Waals surface area contributed by atoms with Gasteiger partial charge >= 0.3 is 0 Å². The molecule has 1 spiro atoms. The van der Waals surface area contributed by atoms with E-state index >= 15 is 4.79 Å². The highest BCUT2D eigenvalue weighted by Crippen LogP contribution is 2.62. The van der Waals surface area contributed by atoms with Crippen LogP contribution < -0.4 is 14.4 Å². The van der Waals surface area contributed by atoms with Crippen molar-refractivity contribution in [2.45, 2.75) is 18.0 Å². The number of hydrogen-bond acceptors (Lipinski definition) is 7. The minimum atomic E-state index is -1.66. The highest BCUT2D eigenvalue weighted by Gasteiger charge is 2.72. The van der Waals surface area contributed by atoms with Crippen LogP contribution in [0.2, 0.25) is 0 Å². The zero-order chi connectivity index (χ0) is 30.9. The van der Waals surface area contributed by atoms with Crippen LogP contribution >= 0.6 is 0 Å². The molecular weight excluding hydrogens is 564 g/mol. The summed E-state index contributed by atoms with van der Waals surface area (Å²) in [4.78, 5) is 51.8. The van der Waals surface area contributed by atoms with Crippen LogP contribution in [0.3, 0.4) is 0 Å². The summed E-state index contributed by atoms with van der Waals surface area (Å²) in [6, 6.07) is 27.5. The monoisotopic (exact) mass is 592 g/mol. The molecule has 1 fully saturated rings. The largest absolute Gasteiger partial charge is 0.497 e. The molecule has 0 radical (unpaired) electrons. The second-order valence-corrected chi connectivity index (χ2v) is 11.6. The SMILES string of the molecule is COc1ccc([C@H]2[C@H](C(=O)c3ccccc3)N3c4c(ccc5cccnc45)C=CC3C23C(=O)c2ccccc2C3=O)c(OC)c1. The van der Waals surface area contributed by atoms with Gasteiger partial charge in [0.2, 0.25) is 0 Å². The van der Waals surface area contributed by atoms with Gasteiger partial charge in [-0.2, -0.15) is 0 Å². The molecule has 3 aliphatic rings. The maximum absolute atomic E-state index is 15.0. The summed E-state index contributed by atoms with van der Waals surface area (Å²) in [6.45, 7) is 0. The molecule has 8 rings (SSSR count). The average molecular weight is 593 g/mol. The molecule has 3 heterocycles. The van der Waals surface area contributed by atoms with Crippen LogP contribution in [0.25, 0.3) is 17.0 Å². The Kier molecular flexibility index (Phi) is 6.00. The number of carbonyl (C=O) groups excluding carboxylic acids is 3. The number of aromatic nitrogens is 1. The first-order valence-corrected chi connectivity index (χ1v) is 14.8. The minimum Gasteiger partial charge on any atom is -0.497 e. The molecule has 0 saturated carbocycles. The van der Waals surface area contributed by atoms with Crippen LogP contribution in [-0.4, -0.2) is 48.6 Å². The van der Waals surface area contributed by atoms with Crippen LogP contribution in [0.4, 0.5) is 5.69 Å². The van der Waals surface area contributed by atoms with Gasteiger partial charge < -0.3 is 14.4 Å². The number of rotatable bonds is 5. The van der Waals surface area contributed by atoms with Crippen LogP contribution in [0.1, 0.15) is 48.1 Å². The van der Waals surface area contributed by atoms with E-state index in [-0.39, 0.29) is 17.3 Å². The maximum atomic E-state index is 15.0. The van der Waals surface area contributed by atoms with Gasteiger partial charge in [-0.05, 0) is 17.7 Å². The van der Waals surface area contributed by atoms with E-state index in [1.807, 2.05) is 65.6 Å². The van der Waals surface area contributed by atoms with Crippen LogP contribution in [-0.2, 0) is 0 Å². The van der Waals surface area contributed by atoms with E-state index in [1.165, 1.54) is 0 Å². The molecule has 3 atom stereocenters. The van der Waals surface area contributed by atoms with Crippen molar-refractivity contribution in [2.75, 3.05) is 19.1 Å². The molecule has 45 heavy (non-hydrogen) atoms. The van der Waals surface area contributed by atoms with Crippen molar-refractivity contribution in [3.8, 4) is 11.5 Å². The Morgan fingerprint density at radius 1 is 0.822 bits per heavy atom. The first kappa shape index (κ1) is 27.0. The predicted octanol–water partition coefficient (Wildman–Crippen LogP) is 6.57. The molecule has 2 aliphatic heterocycles. The quantitative estimate of drug-likeness (QED) is 0.169. The Balaban J connectivity index is 1.50. The van der Waals surface area contributed by atoms with Gasteiger partial charge in [-0.15, -0.1) is 0 Å². The van der Waals surface area contributed by atoms with E-state index < -0.39 is 23.4 Å². The number of ketones is 3. The molecular formula is C38H28N2O5. The lowest BCUT2D eigenvalue weighted by Gasteiger charge is -2.37. The van der Waals surface area contributed by atoms with Gasteiger partial charge in [0.15, 0.2) is 17.3 Å². The highest BCUT2D eigenvalue weighted by atomic mass is 16.5. The average Bonchev–Trinajstić information content (AvgIpc) is 3.53. The number of anilines is 1. The number of Topliss-reactive ketones (excluding diaryl/α,β-unsaturated/α-hetero) is 3. The normalized spacial score (nSPS) is 20.7. The van der Waals surface area contributed by atoms with Gasteiger partial charge in [-0.25, -0.2) is 0 Å². The Labute approximate surface area is 259 Å². The zero-order valence-corrected chi connectivity index (χ0v) is 24.6. The summed E-state index contributed by atoms with van der Waals surface area (Å²) in [7, 11) is 3.11. The third kappa shape index (κ3) is 3.58. The van der Waals surface area contributed by atoms with E-state index in [4.69, 9.17) is 14.5 Å². The summed E-state index contributed by atoms with van der Waals surface area (Å²) in [6.07, 6.45) is 5.59. The van der Waals surface area contributed by atoms with Crippen molar-refractivity contribution < 1.29 is 23.9 Å². The first-order chi connectivity index (χ1) is 22.0. The zero-order valence-electron chi connectivity index (χ0n) is 24.6. The Morgan fingerprint density at radius 2 is 1.56 bits per heavy atom. The second-order valence-electron chi connectivity index (χ2n) is 11.6. The van der Waals surface area contributed by atoms with E-state index in [9.17, 15) is 9.59 Å². The molecule has 1 aromatic heterocycles. The summed E-state index contributed by atoms with van der Waals surface area (Å²) in [5.74, 6) is -0.735. The molecule has 1 saturated heterocycles. The second kappa shape index (κ2) is 9.99. The van der Waals surface area contributed by atoms with Crippen molar-refractivity contribution in [3.63, 3.8) is 0 Å². The lowest BCUT2D eigenvalue weighted by Crippen LogP contribution is -2.48. The minimum absolute atomic E-state index is 0.203. The molecule has 0 amide bonds. The molecule has 0 N–H and O–H groups in total. The van der Waals surface area contributed by atoms with E-state index in [0.717, 1.165) is 16.6 Å². The summed E-state index contributed by atoms with van der Waals surface area (Å²) in [5, 5.41) is 0.892. The third-order valence-electron chi connectivity index (χ3n) is 9.64. The van der Waals surface area contributed by atoms with Gasteiger partial charge in [-0.3, -0.25) is 19.4 Å². The van der Waals surface area contributed by atoms with Crippen molar-refractivity contribution in [1.29, 1.82) is 0 Å². The molecule has 1 aliphatic carbocycles. The number of fused-ring (bicyclic) bond motifs is 7. The van der Waals surface area contributed by atoms with Gasteiger partial charge in [0.1, 0.15) is 23.0 Å². The Morgan fingerprint density at radius 3 is 2.27 bits per heavy atom.